The average Bonchev–Trinajstić information content (AvgIpc) is 3.18. The Balaban J connectivity index is 1.52. The number of aryl methyl sites for hydroxylation is 1. The monoisotopic (exact) mass is 304 g/mol. The van der Waals surface area contributed by atoms with Gasteiger partial charge >= 0.3 is 0 Å². The van der Waals surface area contributed by atoms with Crippen molar-refractivity contribution in [2.75, 3.05) is 26.2 Å². The molecule has 1 N–H and O–H groups in total. The highest BCUT2D eigenvalue weighted by atomic mass is 16.5. The quantitative estimate of drug-likeness (QED) is 0.827. The number of rotatable bonds is 7. The lowest BCUT2D eigenvalue weighted by molar-refractivity contribution is -0.887. The number of likely N-dealkylation sites (tertiary alicyclic amines) is 1. The molecule has 3 rings (SSSR count). The van der Waals surface area contributed by atoms with Crippen LogP contribution in [0.5, 0.6) is 11.5 Å². The van der Waals surface area contributed by atoms with Crippen LogP contribution in [0.25, 0.3) is 0 Å². The molecule has 2 heterocycles. The minimum absolute atomic E-state index is 0.249. The Morgan fingerprint density at radius 2 is 1.86 bits per heavy atom. The maximum atomic E-state index is 5.88. The normalized spacial score (nSPS) is 15.1. The smallest absolute Gasteiger partial charge is 0.264 e. The van der Waals surface area contributed by atoms with Crippen LogP contribution in [0.2, 0.25) is 0 Å². The van der Waals surface area contributed by atoms with Crippen molar-refractivity contribution >= 4 is 0 Å². The van der Waals surface area contributed by atoms with E-state index in [9.17, 15) is 0 Å². The van der Waals surface area contributed by atoms with Crippen LogP contribution in [-0.4, -0.2) is 36.4 Å². The number of hydrogen-bond acceptors (Lipinski definition) is 5. The molecule has 1 aliphatic heterocycles. The van der Waals surface area contributed by atoms with Gasteiger partial charge in [0.25, 0.3) is 5.89 Å². The van der Waals surface area contributed by atoms with E-state index in [0.717, 1.165) is 12.3 Å². The lowest BCUT2D eigenvalue weighted by atomic mass is 10.3. The molecule has 0 bridgehead atoms. The SMILES string of the molecule is Cc1noc(COc2ccccc2OCC[NH+]2CCCC2)n1. The van der Waals surface area contributed by atoms with E-state index < -0.39 is 0 Å². The van der Waals surface area contributed by atoms with E-state index in [1.807, 2.05) is 24.3 Å². The fraction of sp³-hybridized carbons (Fsp3) is 0.500. The standard InChI is InChI=1S/C16H21N3O3/c1-13-17-16(22-18-13)12-21-15-7-3-2-6-14(15)20-11-10-19-8-4-5-9-19/h2-3,6-7H,4-5,8-12H2,1H3/p+1. The summed E-state index contributed by atoms with van der Waals surface area (Å²) in [5, 5.41) is 3.74. The Kier molecular flexibility index (Phi) is 4.90. The van der Waals surface area contributed by atoms with Gasteiger partial charge in [0.15, 0.2) is 23.9 Å². The fourth-order valence-corrected chi connectivity index (χ4v) is 2.66. The lowest BCUT2D eigenvalue weighted by Gasteiger charge is -2.14. The van der Waals surface area contributed by atoms with E-state index in [2.05, 4.69) is 10.1 Å². The molecule has 0 amide bonds. The molecule has 0 spiro atoms. The third-order valence-corrected chi connectivity index (χ3v) is 3.79. The first-order chi connectivity index (χ1) is 10.8. The molecule has 22 heavy (non-hydrogen) atoms. The molecule has 6 nitrogen and oxygen atoms in total. The van der Waals surface area contributed by atoms with E-state index in [1.54, 1.807) is 11.8 Å². The summed E-state index contributed by atoms with van der Waals surface area (Å²) in [6.45, 7) is 6.30. The van der Waals surface area contributed by atoms with Crippen LogP contribution in [0, 0.1) is 6.92 Å². The summed E-state index contributed by atoms with van der Waals surface area (Å²) in [6, 6.07) is 7.68. The molecule has 1 aliphatic rings. The number of ether oxygens (including phenoxy) is 2. The van der Waals surface area contributed by atoms with Gasteiger partial charge in [0.1, 0.15) is 13.2 Å². The summed E-state index contributed by atoms with van der Waals surface area (Å²) in [4.78, 5) is 5.75. The molecule has 0 atom stereocenters. The van der Waals surface area contributed by atoms with Gasteiger partial charge in [-0.2, -0.15) is 4.98 Å². The fourth-order valence-electron chi connectivity index (χ4n) is 2.66. The number of para-hydroxylation sites is 2. The minimum atomic E-state index is 0.249. The van der Waals surface area contributed by atoms with Crippen LogP contribution >= 0.6 is 0 Å². The van der Waals surface area contributed by atoms with Crippen molar-refractivity contribution in [3.63, 3.8) is 0 Å². The Hall–Kier alpha value is -2.08. The lowest BCUT2D eigenvalue weighted by Crippen LogP contribution is -3.10. The summed E-state index contributed by atoms with van der Waals surface area (Å²) >= 11 is 0. The van der Waals surface area contributed by atoms with Gasteiger partial charge in [0, 0.05) is 12.8 Å². The van der Waals surface area contributed by atoms with Gasteiger partial charge in [0.2, 0.25) is 0 Å². The van der Waals surface area contributed by atoms with Crippen molar-refractivity contribution in [3.05, 3.63) is 36.0 Å². The second-order valence-corrected chi connectivity index (χ2v) is 5.53. The maximum Gasteiger partial charge on any atom is 0.264 e. The number of nitrogens with one attached hydrogen (secondary N) is 1. The first-order valence-corrected chi connectivity index (χ1v) is 7.78. The van der Waals surface area contributed by atoms with Crippen molar-refractivity contribution in [1.29, 1.82) is 0 Å². The van der Waals surface area contributed by atoms with E-state index in [1.165, 1.54) is 25.9 Å². The highest BCUT2D eigenvalue weighted by Gasteiger charge is 2.15. The van der Waals surface area contributed by atoms with Crippen LogP contribution < -0.4 is 14.4 Å². The van der Waals surface area contributed by atoms with Crippen LogP contribution in [0.1, 0.15) is 24.6 Å². The van der Waals surface area contributed by atoms with Crippen LogP contribution in [0.15, 0.2) is 28.8 Å². The molecular weight excluding hydrogens is 282 g/mol. The van der Waals surface area contributed by atoms with E-state index in [0.29, 0.717) is 24.1 Å². The van der Waals surface area contributed by atoms with Gasteiger partial charge in [-0.25, -0.2) is 0 Å². The maximum absolute atomic E-state index is 5.88. The van der Waals surface area contributed by atoms with E-state index >= 15 is 0 Å². The molecule has 1 saturated heterocycles. The predicted molar refractivity (Wildman–Crippen MR) is 80.1 cm³/mol. The third-order valence-electron chi connectivity index (χ3n) is 3.79. The molecule has 2 aromatic rings. The summed E-state index contributed by atoms with van der Waals surface area (Å²) in [5.74, 6) is 2.54. The zero-order valence-electron chi connectivity index (χ0n) is 12.9. The van der Waals surface area contributed by atoms with Crippen LogP contribution in [0.3, 0.4) is 0 Å². The molecule has 1 aromatic carbocycles. The molecule has 1 fully saturated rings. The van der Waals surface area contributed by atoms with Crippen LogP contribution in [-0.2, 0) is 6.61 Å². The minimum Gasteiger partial charge on any atom is -0.484 e. The first-order valence-electron chi connectivity index (χ1n) is 7.78. The second-order valence-electron chi connectivity index (χ2n) is 5.53. The number of quaternary nitrogens is 1. The number of nitrogens with zero attached hydrogens (tertiary/aromatic N) is 2. The summed E-state index contributed by atoms with van der Waals surface area (Å²) in [5.41, 5.74) is 0. The zero-order chi connectivity index (χ0) is 15.2. The van der Waals surface area contributed by atoms with Crippen molar-refractivity contribution in [2.24, 2.45) is 0 Å². The summed E-state index contributed by atoms with van der Waals surface area (Å²) in [6.07, 6.45) is 2.66. The van der Waals surface area contributed by atoms with E-state index in [-0.39, 0.29) is 6.61 Å². The number of aromatic nitrogens is 2. The highest BCUT2D eigenvalue weighted by Crippen LogP contribution is 2.26. The first kappa shape index (κ1) is 14.8. The Bertz CT molecular complexity index is 594. The third kappa shape index (κ3) is 3.98. The molecule has 1 aromatic heterocycles. The number of hydrogen-bond donors (Lipinski definition) is 1. The Morgan fingerprint density at radius 3 is 2.55 bits per heavy atom. The van der Waals surface area contributed by atoms with Crippen molar-refractivity contribution in [2.45, 2.75) is 26.4 Å². The summed E-state index contributed by atoms with van der Waals surface area (Å²) < 4.78 is 16.7. The molecule has 0 radical (unpaired) electrons. The largest absolute Gasteiger partial charge is 0.484 e. The van der Waals surface area contributed by atoms with Crippen LogP contribution in [0.4, 0.5) is 0 Å². The second kappa shape index (κ2) is 7.26. The van der Waals surface area contributed by atoms with Crippen molar-refractivity contribution < 1.29 is 18.9 Å². The summed E-state index contributed by atoms with van der Waals surface area (Å²) in [7, 11) is 0. The Morgan fingerprint density at radius 1 is 1.14 bits per heavy atom. The zero-order valence-corrected chi connectivity index (χ0v) is 12.9. The molecular formula is C16H22N3O3+. The highest BCUT2D eigenvalue weighted by molar-refractivity contribution is 5.39. The van der Waals surface area contributed by atoms with Gasteiger partial charge in [-0.1, -0.05) is 17.3 Å². The van der Waals surface area contributed by atoms with Crippen molar-refractivity contribution in [3.8, 4) is 11.5 Å². The predicted octanol–water partition coefficient (Wildman–Crippen LogP) is 1.01. The molecule has 6 heteroatoms. The molecule has 0 unspecified atom stereocenters. The molecule has 0 saturated carbocycles. The van der Waals surface area contributed by atoms with E-state index in [4.69, 9.17) is 14.0 Å². The average molecular weight is 304 g/mol. The number of benzene rings is 1. The molecule has 0 aliphatic carbocycles. The Labute approximate surface area is 130 Å². The van der Waals surface area contributed by atoms with Gasteiger partial charge in [-0.05, 0) is 19.1 Å². The topological polar surface area (TPSA) is 61.8 Å². The van der Waals surface area contributed by atoms with Crippen molar-refractivity contribution in [1.82, 2.24) is 10.1 Å². The van der Waals surface area contributed by atoms with Gasteiger partial charge in [-0.3, -0.25) is 0 Å². The van der Waals surface area contributed by atoms with Gasteiger partial charge in [-0.15, -0.1) is 0 Å². The molecule has 118 valence electrons. The van der Waals surface area contributed by atoms with Gasteiger partial charge in [0.05, 0.1) is 13.1 Å². The van der Waals surface area contributed by atoms with Gasteiger partial charge < -0.3 is 18.9 Å².